The summed E-state index contributed by atoms with van der Waals surface area (Å²) in [4.78, 5) is 13.4. The lowest BCUT2D eigenvalue weighted by atomic mass is 9.96. The van der Waals surface area contributed by atoms with Crippen molar-refractivity contribution >= 4 is 5.91 Å². The highest BCUT2D eigenvalue weighted by atomic mass is 16.8. The fourth-order valence-corrected chi connectivity index (χ4v) is 11.2. The maximum Gasteiger partial charge on any atom is 0.220 e. The van der Waals surface area contributed by atoms with Gasteiger partial charge in [0, 0.05) is 6.42 Å². The fourth-order valence-electron chi connectivity index (χ4n) is 11.2. The van der Waals surface area contributed by atoms with E-state index in [2.05, 4.69) is 19.2 Å². The van der Waals surface area contributed by atoms with Gasteiger partial charge in [0.2, 0.25) is 5.91 Å². The number of carbonyl (C=O) groups excluding carboxylic acids is 1. The number of hydrogen-bond donors (Lipinski definition) is 12. The van der Waals surface area contributed by atoms with E-state index < -0.39 is 124 Å². The normalized spacial score (nSPS) is 30.2. The lowest BCUT2D eigenvalue weighted by Crippen LogP contribution is -2.66. The lowest BCUT2D eigenvalue weighted by molar-refractivity contribution is -0.379. The summed E-state index contributed by atoms with van der Waals surface area (Å²) in [6.45, 7) is 1.82. The zero-order valence-electron chi connectivity index (χ0n) is 48.9. The number of carbonyl (C=O) groups is 1. The van der Waals surface area contributed by atoms with E-state index in [9.17, 15) is 61.0 Å². The maximum atomic E-state index is 13.4. The van der Waals surface area contributed by atoms with Crippen molar-refractivity contribution < 1.29 is 89.4 Å². The van der Waals surface area contributed by atoms with Crippen LogP contribution in [0.2, 0.25) is 0 Å². The monoisotopic (exact) mass is 1140 g/mol. The number of aliphatic hydroxyl groups excluding tert-OH is 11. The Balaban J connectivity index is 1.47. The fraction of sp³-hybridized carbons (Fsp3) is 0.983. The molecule has 3 saturated heterocycles. The summed E-state index contributed by atoms with van der Waals surface area (Å²) < 4.78 is 34.3. The molecule has 17 unspecified atom stereocenters. The molecule has 0 aromatic rings. The molecule has 0 aromatic carbocycles. The van der Waals surface area contributed by atoms with Crippen LogP contribution in [-0.2, 0) is 33.2 Å². The minimum Gasteiger partial charge on any atom is -0.394 e. The van der Waals surface area contributed by atoms with E-state index in [-0.39, 0.29) is 18.9 Å². The Morgan fingerprint density at radius 2 is 0.722 bits per heavy atom. The molecule has 79 heavy (non-hydrogen) atoms. The topological polar surface area (TPSA) is 307 Å². The minimum absolute atomic E-state index is 0.238. The number of nitrogens with one attached hydrogen (secondary N) is 1. The lowest BCUT2D eigenvalue weighted by Gasteiger charge is -2.48. The molecule has 19 nitrogen and oxygen atoms in total. The molecule has 1 amide bonds. The molecular formula is C60H115NO18. The number of aliphatic hydroxyl groups is 11. The Bertz CT molecular complexity index is 1450. The first-order valence-electron chi connectivity index (χ1n) is 31.8. The van der Waals surface area contributed by atoms with Crippen LogP contribution in [-0.4, -0.2) is 193 Å². The summed E-state index contributed by atoms with van der Waals surface area (Å²) in [5.41, 5.74) is 0. The van der Waals surface area contributed by atoms with Crippen molar-refractivity contribution in [3.63, 3.8) is 0 Å². The van der Waals surface area contributed by atoms with E-state index >= 15 is 0 Å². The Kier molecular flexibility index (Phi) is 40.4. The average molecular weight is 1140 g/mol. The standard InChI is InChI=1S/C60H115NO18/c1-3-5-7-9-11-13-15-17-19-20-21-22-24-25-27-29-31-33-35-37-44(65)43(61-48(66)38-36-34-32-30-28-26-23-18-16-14-12-10-8-6-4-2)42-74-58-54(72)51(69)56(46(40-63)76-58)79-60-55(73)52(70)57(47(41-64)77-60)78-59-53(71)50(68)49(67)45(39-62)75-59/h43-47,49-60,62-65,67-73H,3-42H2,1-2H3,(H,61,66). The molecule has 0 aliphatic carbocycles. The molecule has 3 aliphatic heterocycles. The van der Waals surface area contributed by atoms with E-state index in [0.717, 1.165) is 44.9 Å². The van der Waals surface area contributed by atoms with Crippen molar-refractivity contribution in [2.24, 2.45) is 0 Å². The summed E-state index contributed by atoms with van der Waals surface area (Å²) in [6.07, 6.45) is 16.1. The number of ether oxygens (including phenoxy) is 6. The van der Waals surface area contributed by atoms with Crippen LogP contribution >= 0.6 is 0 Å². The van der Waals surface area contributed by atoms with Crippen LogP contribution < -0.4 is 5.32 Å². The average Bonchev–Trinajstić information content (AvgIpc) is 3.57. The van der Waals surface area contributed by atoms with Crippen LogP contribution in [0.25, 0.3) is 0 Å². The van der Waals surface area contributed by atoms with Crippen molar-refractivity contribution in [3.8, 4) is 0 Å². The third-order valence-electron chi connectivity index (χ3n) is 16.4. The molecule has 12 N–H and O–H groups in total. The van der Waals surface area contributed by atoms with Gasteiger partial charge in [0.15, 0.2) is 18.9 Å². The maximum absolute atomic E-state index is 13.4. The van der Waals surface area contributed by atoms with Crippen molar-refractivity contribution in [2.45, 2.75) is 349 Å². The van der Waals surface area contributed by atoms with Gasteiger partial charge >= 0.3 is 0 Å². The summed E-state index contributed by atoms with van der Waals surface area (Å²) in [7, 11) is 0. The predicted octanol–water partition coefficient (Wildman–Crippen LogP) is 6.38. The molecule has 3 rings (SSSR count). The molecule has 468 valence electrons. The van der Waals surface area contributed by atoms with Crippen molar-refractivity contribution in [1.82, 2.24) is 5.32 Å². The summed E-state index contributed by atoms with van der Waals surface area (Å²) >= 11 is 0. The number of rotatable bonds is 48. The van der Waals surface area contributed by atoms with Crippen LogP contribution in [0.3, 0.4) is 0 Å². The molecule has 0 aromatic heterocycles. The minimum atomic E-state index is -1.97. The first-order chi connectivity index (χ1) is 38.3. The zero-order valence-corrected chi connectivity index (χ0v) is 48.9. The van der Waals surface area contributed by atoms with Gasteiger partial charge in [0.05, 0.1) is 38.6 Å². The Morgan fingerprint density at radius 1 is 0.405 bits per heavy atom. The summed E-state index contributed by atoms with van der Waals surface area (Å²) in [5, 5.41) is 120. The van der Waals surface area contributed by atoms with Crippen LogP contribution in [0.5, 0.6) is 0 Å². The molecule has 3 aliphatic rings. The van der Waals surface area contributed by atoms with Crippen molar-refractivity contribution in [1.29, 1.82) is 0 Å². The van der Waals surface area contributed by atoms with Gasteiger partial charge in [-0.15, -0.1) is 0 Å². The van der Waals surface area contributed by atoms with Gasteiger partial charge in [-0.1, -0.05) is 226 Å². The molecular weight excluding hydrogens is 1020 g/mol. The van der Waals surface area contributed by atoms with Gasteiger partial charge in [-0.2, -0.15) is 0 Å². The second kappa shape index (κ2) is 44.3. The van der Waals surface area contributed by atoms with Gasteiger partial charge in [-0.25, -0.2) is 0 Å². The van der Waals surface area contributed by atoms with E-state index in [0.29, 0.717) is 12.8 Å². The molecule has 0 radical (unpaired) electrons. The highest BCUT2D eigenvalue weighted by Crippen LogP contribution is 2.33. The van der Waals surface area contributed by atoms with Gasteiger partial charge in [-0.05, 0) is 12.8 Å². The van der Waals surface area contributed by atoms with Crippen LogP contribution in [0.1, 0.15) is 245 Å². The highest BCUT2D eigenvalue weighted by molar-refractivity contribution is 5.76. The smallest absolute Gasteiger partial charge is 0.220 e. The Morgan fingerprint density at radius 3 is 1.10 bits per heavy atom. The first-order valence-corrected chi connectivity index (χ1v) is 31.8. The van der Waals surface area contributed by atoms with Gasteiger partial charge in [0.25, 0.3) is 0 Å². The molecule has 19 heteroatoms. The van der Waals surface area contributed by atoms with E-state index in [1.807, 2.05) is 0 Å². The van der Waals surface area contributed by atoms with Crippen molar-refractivity contribution in [2.75, 3.05) is 26.4 Å². The van der Waals surface area contributed by atoms with E-state index in [4.69, 9.17) is 28.4 Å². The second-order valence-corrected chi connectivity index (χ2v) is 23.2. The zero-order chi connectivity index (χ0) is 57.6. The molecule has 17 atom stereocenters. The van der Waals surface area contributed by atoms with E-state index in [1.165, 1.54) is 167 Å². The van der Waals surface area contributed by atoms with Gasteiger partial charge < -0.3 is 89.9 Å². The third-order valence-corrected chi connectivity index (χ3v) is 16.4. The highest BCUT2D eigenvalue weighted by Gasteiger charge is 2.53. The third kappa shape index (κ3) is 28.0. The number of amides is 1. The van der Waals surface area contributed by atoms with Crippen molar-refractivity contribution in [3.05, 3.63) is 0 Å². The Labute approximate surface area is 474 Å². The Hall–Kier alpha value is -1.21. The van der Waals surface area contributed by atoms with Crippen LogP contribution in [0.15, 0.2) is 0 Å². The largest absolute Gasteiger partial charge is 0.394 e. The SMILES string of the molecule is CCCCCCCCCCCCCCCCCCCCCC(O)C(COC1OC(CO)C(OC2OC(CO)C(OC3OC(CO)C(O)C(O)C3O)C(O)C2O)C(O)C1O)NC(=O)CCCCCCCCCCCCCCCCC. The van der Waals surface area contributed by atoms with Gasteiger partial charge in [-0.3, -0.25) is 4.79 Å². The predicted molar refractivity (Wildman–Crippen MR) is 300 cm³/mol. The molecule has 0 spiro atoms. The molecule has 3 fully saturated rings. The van der Waals surface area contributed by atoms with Crippen LogP contribution in [0, 0.1) is 0 Å². The molecule has 0 bridgehead atoms. The number of hydrogen-bond acceptors (Lipinski definition) is 18. The van der Waals surface area contributed by atoms with E-state index in [1.54, 1.807) is 0 Å². The van der Waals surface area contributed by atoms with Gasteiger partial charge in [0.1, 0.15) is 73.2 Å². The van der Waals surface area contributed by atoms with Crippen LogP contribution in [0.4, 0.5) is 0 Å². The molecule has 3 heterocycles. The summed E-state index contributed by atoms with van der Waals surface area (Å²) in [6, 6.07) is -0.880. The first kappa shape index (κ1) is 72.1. The molecule has 0 saturated carbocycles. The second-order valence-electron chi connectivity index (χ2n) is 23.2. The quantitative estimate of drug-likeness (QED) is 0.0294. The number of unbranched alkanes of at least 4 members (excludes halogenated alkanes) is 32. The summed E-state index contributed by atoms with van der Waals surface area (Å²) in [5.74, 6) is -0.238.